The van der Waals surface area contributed by atoms with Gasteiger partial charge in [0.1, 0.15) is 0 Å². The summed E-state index contributed by atoms with van der Waals surface area (Å²) in [7, 11) is 4.83. The number of ether oxygens (including phenoxy) is 3. The molecule has 0 aliphatic rings. The number of aromatic nitrogens is 3. The number of nitrogens with zero attached hydrogens (tertiary/aromatic N) is 4. The van der Waals surface area contributed by atoms with Crippen LogP contribution < -0.4 is 20.1 Å². The standard InChI is InChI=1S/C10H19N5O3/c1-15(5-7-18-6-4-11)8-12-9(16-2)14-10(13-8)17-3/h4-7,11H2,1-3H3. The highest BCUT2D eigenvalue weighted by atomic mass is 16.5. The van der Waals surface area contributed by atoms with Crippen LogP contribution in [0.1, 0.15) is 0 Å². The van der Waals surface area contributed by atoms with Crippen LogP contribution in [0, 0.1) is 0 Å². The van der Waals surface area contributed by atoms with E-state index in [-0.39, 0.29) is 12.0 Å². The van der Waals surface area contributed by atoms with E-state index in [1.807, 2.05) is 11.9 Å². The lowest BCUT2D eigenvalue weighted by atomic mass is 10.6. The molecule has 0 saturated heterocycles. The van der Waals surface area contributed by atoms with Gasteiger partial charge in [0.15, 0.2) is 0 Å². The lowest BCUT2D eigenvalue weighted by Gasteiger charge is -2.17. The lowest BCUT2D eigenvalue weighted by Crippen LogP contribution is -2.26. The fourth-order valence-electron chi connectivity index (χ4n) is 1.17. The average molecular weight is 257 g/mol. The molecular weight excluding hydrogens is 238 g/mol. The van der Waals surface area contributed by atoms with Gasteiger partial charge in [-0.1, -0.05) is 0 Å². The van der Waals surface area contributed by atoms with Crippen molar-refractivity contribution in [3.8, 4) is 12.0 Å². The molecule has 0 aromatic carbocycles. The summed E-state index contributed by atoms with van der Waals surface area (Å²) in [6.07, 6.45) is 0. The van der Waals surface area contributed by atoms with E-state index < -0.39 is 0 Å². The van der Waals surface area contributed by atoms with Crippen molar-refractivity contribution in [1.82, 2.24) is 15.0 Å². The van der Waals surface area contributed by atoms with Gasteiger partial charge in [0.05, 0.1) is 27.4 Å². The Morgan fingerprint density at radius 3 is 2.17 bits per heavy atom. The molecule has 0 atom stereocenters. The molecule has 18 heavy (non-hydrogen) atoms. The van der Waals surface area contributed by atoms with Crippen LogP contribution in [-0.2, 0) is 4.74 Å². The Morgan fingerprint density at radius 1 is 1.06 bits per heavy atom. The molecule has 8 heteroatoms. The molecule has 0 aliphatic heterocycles. The van der Waals surface area contributed by atoms with Crippen LogP contribution in [0.2, 0.25) is 0 Å². The van der Waals surface area contributed by atoms with Crippen molar-refractivity contribution < 1.29 is 14.2 Å². The first kappa shape index (κ1) is 14.4. The van der Waals surface area contributed by atoms with Gasteiger partial charge in [-0.25, -0.2) is 0 Å². The fourth-order valence-corrected chi connectivity index (χ4v) is 1.17. The van der Waals surface area contributed by atoms with Gasteiger partial charge in [-0.15, -0.1) is 4.98 Å². The largest absolute Gasteiger partial charge is 0.467 e. The summed E-state index contributed by atoms with van der Waals surface area (Å²) in [5.74, 6) is 0.468. The molecule has 8 nitrogen and oxygen atoms in total. The van der Waals surface area contributed by atoms with Crippen LogP contribution in [0.3, 0.4) is 0 Å². The first-order valence-electron chi connectivity index (χ1n) is 5.54. The Labute approximate surface area is 106 Å². The lowest BCUT2D eigenvalue weighted by molar-refractivity contribution is 0.148. The number of anilines is 1. The van der Waals surface area contributed by atoms with Crippen LogP contribution >= 0.6 is 0 Å². The Bertz CT molecular complexity index is 341. The van der Waals surface area contributed by atoms with Crippen LogP contribution in [0.5, 0.6) is 12.0 Å². The molecule has 0 unspecified atom stereocenters. The smallest absolute Gasteiger partial charge is 0.324 e. The van der Waals surface area contributed by atoms with Gasteiger partial charge < -0.3 is 24.8 Å². The zero-order chi connectivity index (χ0) is 13.4. The summed E-state index contributed by atoms with van der Waals surface area (Å²) in [5, 5.41) is 0. The van der Waals surface area contributed by atoms with Gasteiger partial charge >= 0.3 is 12.0 Å². The molecule has 0 aliphatic carbocycles. The molecule has 2 N–H and O–H groups in total. The highest BCUT2D eigenvalue weighted by Crippen LogP contribution is 2.14. The van der Waals surface area contributed by atoms with E-state index in [0.717, 1.165) is 0 Å². The number of hydrogen-bond donors (Lipinski definition) is 1. The molecule has 0 spiro atoms. The minimum Gasteiger partial charge on any atom is -0.467 e. The van der Waals surface area contributed by atoms with Crippen molar-refractivity contribution >= 4 is 5.95 Å². The van der Waals surface area contributed by atoms with E-state index >= 15 is 0 Å². The SMILES string of the molecule is COc1nc(OC)nc(N(C)CCOCCN)n1. The summed E-state index contributed by atoms with van der Waals surface area (Å²) in [4.78, 5) is 14.0. The average Bonchev–Trinajstić information content (AvgIpc) is 2.42. The number of likely N-dealkylation sites (N-methyl/N-ethyl adjacent to an activating group) is 1. The maximum absolute atomic E-state index is 5.33. The van der Waals surface area contributed by atoms with Gasteiger partial charge in [0, 0.05) is 20.1 Å². The molecule has 0 bridgehead atoms. The first-order chi connectivity index (χ1) is 8.71. The molecule has 0 fully saturated rings. The van der Waals surface area contributed by atoms with Crippen molar-refractivity contribution in [1.29, 1.82) is 0 Å². The predicted octanol–water partition coefficient (Wildman–Crippen LogP) is -0.700. The highest BCUT2D eigenvalue weighted by Gasteiger charge is 2.10. The van der Waals surface area contributed by atoms with E-state index in [0.29, 0.717) is 32.3 Å². The van der Waals surface area contributed by atoms with Crippen LogP contribution in [0.15, 0.2) is 0 Å². The number of hydrogen-bond acceptors (Lipinski definition) is 8. The van der Waals surface area contributed by atoms with Crippen molar-refractivity contribution in [2.24, 2.45) is 5.73 Å². The molecule has 0 amide bonds. The number of nitrogens with two attached hydrogens (primary N) is 1. The van der Waals surface area contributed by atoms with Crippen molar-refractivity contribution in [3.05, 3.63) is 0 Å². The van der Waals surface area contributed by atoms with Gasteiger partial charge in [-0.3, -0.25) is 0 Å². The summed E-state index contributed by atoms with van der Waals surface area (Å²) >= 11 is 0. The fraction of sp³-hybridized carbons (Fsp3) is 0.700. The highest BCUT2D eigenvalue weighted by molar-refractivity contribution is 5.30. The summed E-state index contributed by atoms with van der Waals surface area (Å²) in [6.45, 7) is 2.23. The second-order valence-corrected chi connectivity index (χ2v) is 3.43. The van der Waals surface area contributed by atoms with E-state index in [4.69, 9.17) is 19.9 Å². The minimum atomic E-state index is 0.214. The molecule has 0 saturated carbocycles. The second-order valence-electron chi connectivity index (χ2n) is 3.43. The predicted molar refractivity (Wildman–Crippen MR) is 66.1 cm³/mol. The monoisotopic (exact) mass is 257 g/mol. The van der Waals surface area contributed by atoms with E-state index in [2.05, 4.69) is 15.0 Å². The molecule has 1 aromatic heterocycles. The van der Waals surface area contributed by atoms with Gasteiger partial charge in [-0.2, -0.15) is 9.97 Å². The Morgan fingerprint density at radius 2 is 1.67 bits per heavy atom. The van der Waals surface area contributed by atoms with E-state index in [1.54, 1.807) is 0 Å². The molecule has 0 radical (unpaired) electrons. The van der Waals surface area contributed by atoms with Crippen LogP contribution in [0.25, 0.3) is 0 Å². The molecule has 1 aromatic rings. The van der Waals surface area contributed by atoms with E-state index in [9.17, 15) is 0 Å². The van der Waals surface area contributed by atoms with Crippen molar-refractivity contribution in [3.63, 3.8) is 0 Å². The Balaban J connectivity index is 2.63. The van der Waals surface area contributed by atoms with Gasteiger partial charge in [0.2, 0.25) is 5.95 Å². The molecule has 1 heterocycles. The molecule has 1 rings (SSSR count). The quantitative estimate of drug-likeness (QED) is 0.611. The number of methoxy groups -OCH3 is 2. The minimum absolute atomic E-state index is 0.214. The normalized spacial score (nSPS) is 10.2. The third-order valence-electron chi connectivity index (χ3n) is 2.12. The zero-order valence-electron chi connectivity index (χ0n) is 10.9. The van der Waals surface area contributed by atoms with Crippen LogP contribution in [0.4, 0.5) is 5.95 Å². The Kier molecular flexibility index (Phi) is 6.09. The third-order valence-corrected chi connectivity index (χ3v) is 2.12. The maximum atomic E-state index is 5.33. The summed E-state index contributed by atoms with van der Waals surface area (Å²) < 4.78 is 15.2. The number of rotatable bonds is 8. The Hall–Kier alpha value is -1.67. The van der Waals surface area contributed by atoms with Gasteiger partial charge in [0.25, 0.3) is 0 Å². The summed E-state index contributed by atoms with van der Waals surface area (Å²) in [6, 6.07) is 0.429. The van der Waals surface area contributed by atoms with Crippen LogP contribution in [-0.4, -0.2) is 62.5 Å². The van der Waals surface area contributed by atoms with E-state index in [1.165, 1.54) is 14.2 Å². The van der Waals surface area contributed by atoms with Crippen molar-refractivity contribution in [2.45, 2.75) is 0 Å². The topological polar surface area (TPSA) is 95.6 Å². The van der Waals surface area contributed by atoms with Gasteiger partial charge in [-0.05, 0) is 0 Å². The molecule has 102 valence electrons. The van der Waals surface area contributed by atoms with Crippen molar-refractivity contribution in [2.75, 3.05) is 52.5 Å². The first-order valence-corrected chi connectivity index (χ1v) is 5.54. The third kappa shape index (κ3) is 4.30. The molecular formula is C10H19N5O3. The maximum Gasteiger partial charge on any atom is 0.324 e. The zero-order valence-corrected chi connectivity index (χ0v) is 10.9. The second kappa shape index (κ2) is 7.62. The summed E-state index contributed by atoms with van der Waals surface area (Å²) in [5.41, 5.74) is 5.33.